The van der Waals surface area contributed by atoms with E-state index in [-0.39, 0.29) is 24.2 Å². The molecule has 1 atom stereocenters. The summed E-state index contributed by atoms with van der Waals surface area (Å²) in [5.74, 6) is 0.106. The topological polar surface area (TPSA) is 59.0 Å². The smallest absolute Gasteiger partial charge is 0.224 e. The number of carbonyl (C=O) groups excluding carboxylic acids is 1. The molecule has 0 spiro atoms. The van der Waals surface area contributed by atoms with Gasteiger partial charge in [-0.25, -0.2) is 0 Å². The predicted molar refractivity (Wildman–Crippen MR) is 79.7 cm³/mol. The van der Waals surface area contributed by atoms with Crippen LogP contribution >= 0.6 is 12.4 Å². The molecule has 0 aliphatic rings. The zero-order valence-electron chi connectivity index (χ0n) is 12.4. The van der Waals surface area contributed by atoms with E-state index >= 15 is 0 Å². The Kier molecular flexibility index (Phi) is 7.71. The van der Waals surface area contributed by atoms with E-state index in [1.54, 1.807) is 0 Å². The lowest BCUT2D eigenvalue weighted by Crippen LogP contribution is -2.35. The number of hydrogen-bond acceptors (Lipinski definition) is 3. The van der Waals surface area contributed by atoms with Crippen molar-refractivity contribution in [3.05, 3.63) is 17.0 Å². The number of aromatic nitrogens is 2. The first-order valence-electron chi connectivity index (χ1n) is 6.38. The molecule has 0 radical (unpaired) electrons. The van der Waals surface area contributed by atoms with E-state index in [2.05, 4.69) is 22.7 Å². The van der Waals surface area contributed by atoms with Crippen LogP contribution < -0.4 is 10.6 Å². The number of carbonyl (C=O) groups is 1. The highest BCUT2D eigenvalue weighted by molar-refractivity contribution is 5.85. The molecule has 5 nitrogen and oxygen atoms in total. The summed E-state index contributed by atoms with van der Waals surface area (Å²) in [7, 11) is 3.80. The Morgan fingerprint density at radius 1 is 1.42 bits per heavy atom. The molecule has 0 aromatic carbocycles. The van der Waals surface area contributed by atoms with Crippen LogP contribution in [0.3, 0.4) is 0 Å². The van der Waals surface area contributed by atoms with E-state index in [4.69, 9.17) is 0 Å². The average Bonchev–Trinajstić information content (AvgIpc) is 2.55. The van der Waals surface area contributed by atoms with Crippen molar-refractivity contribution in [1.29, 1.82) is 0 Å². The average molecular weight is 289 g/mol. The van der Waals surface area contributed by atoms with Gasteiger partial charge >= 0.3 is 0 Å². The van der Waals surface area contributed by atoms with Crippen molar-refractivity contribution in [2.45, 2.75) is 27.2 Å². The summed E-state index contributed by atoms with van der Waals surface area (Å²) in [4.78, 5) is 11.7. The van der Waals surface area contributed by atoms with E-state index in [1.807, 2.05) is 32.6 Å². The molecule has 0 fully saturated rings. The SMILES string of the molecule is CNCC(C)C(=O)NCCc1c(C)nn(C)c1C.Cl. The normalized spacial score (nSPS) is 11.8. The quantitative estimate of drug-likeness (QED) is 0.820. The monoisotopic (exact) mass is 288 g/mol. The third-order valence-corrected chi connectivity index (χ3v) is 3.29. The van der Waals surface area contributed by atoms with Gasteiger partial charge < -0.3 is 10.6 Å². The first-order valence-corrected chi connectivity index (χ1v) is 6.38. The van der Waals surface area contributed by atoms with Gasteiger partial charge in [0.05, 0.1) is 5.69 Å². The third-order valence-electron chi connectivity index (χ3n) is 3.29. The van der Waals surface area contributed by atoms with E-state index < -0.39 is 0 Å². The number of rotatable bonds is 6. The van der Waals surface area contributed by atoms with Gasteiger partial charge in [0, 0.05) is 31.7 Å². The summed E-state index contributed by atoms with van der Waals surface area (Å²) in [6.45, 7) is 7.36. The third kappa shape index (κ3) is 4.84. The van der Waals surface area contributed by atoms with Gasteiger partial charge in [0.25, 0.3) is 0 Å². The Morgan fingerprint density at radius 3 is 2.53 bits per heavy atom. The Morgan fingerprint density at radius 2 is 2.05 bits per heavy atom. The molecular weight excluding hydrogens is 264 g/mol. The number of halogens is 1. The maximum absolute atomic E-state index is 11.7. The first-order chi connectivity index (χ1) is 8.47. The molecule has 1 heterocycles. The second-order valence-electron chi connectivity index (χ2n) is 4.77. The number of nitrogens with one attached hydrogen (secondary N) is 2. The molecule has 1 amide bonds. The fourth-order valence-corrected chi connectivity index (χ4v) is 2.06. The van der Waals surface area contributed by atoms with E-state index in [1.165, 1.54) is 11.3 Å². The van der Waals surface area contributed by atoms with Gasteiger partial charge in [0.15, 0.2) is 0 Å². The molecule has 1 rings (SSSR count). The Labute approximate surface area is 121 Å². The lowest BCUT2D eigenvalue weighted by Gasteiger charge is -2.11. The van der Waals surface area contributed by atoms with Gasteiger partial charge in [-0.15, -0.1) is 12.4 Å². The van der Waals surface area contributed by atoms with Crippen LogP contribution in [0.4, 0.5) is 0 Å². The van der Waals surface area contributed by atoms with Crippen LogP contribution in [0.2, 0.25) is 0 Å². The lowest BCUT2D eigenvalue weighted by molar-refractivity contribution is -0.124. The molecule has 0 saturated heterocycles. The molecule has 6 heteroatoms. The van der Waals surface area contributed by atoms with Crippen LogP contribution in [-0.4, -0.2) is 35.8 Å². The van der Waals surface area contributed by atoms with Crippen molar-refractivity contribution in [2.75, 3.05) is 20.1 Å². The largest absolute Gasteiger partial charge is 0.355 e. The zero-order chi connectivity index (χ0) is 13.7. The maximum atomic E-state index is 11.7. The standard InChI is InChI=1S/C13H24N4O.ClH/c1-9(8-14-4)13(18)15-7-6-12-10(2)16-17(5)11(12)3;/h9,14H,6-8H2,1-5H3,(H,15,18);1H. The second-order valence-corrected chi connectivity index (χ2v) is 4.77. The minimum atomic E-state index is 0. The predicted octanol–water partition coefficient (Wildman–Crippen LogP) is 0.973. The van der Waals surface area contributed by atoms with E-state index in [9.17, 15) is 4.79 Å². The lowest BCUT2D eigenvalue weighted by atomic mass is 10.1. The summed E-state index contributed by atoms with van der Waals surface area (Å²) in [5, 5.41) is 10.3. The molecule has 1 aromatic heterocycles. The van der Waals surface area contributed by atoms with Gasteiger partial charge in [-0.2, -0.15) is 5.10 Å². The molecule has 19 heavy (non-hydrogen) atoms. The van der Waals surface area contributed by atoms with Crippen molar-refractivity contribution in [3.63, 3.8) is 0 Å². The van der Waals surface area contributed by atoms with Gasteiger partial charge in [0.2, 0.25) is 5.91 Å². The molecule has 0 aliphatic carbocycles. The molecule has 2 N–H and O–H groups in total. The van der Waals surface area contributed by atoms with Crippen LogP contribution in [0.15, 0.2) is 0 Å². The number of hydrogen-bond donors (Lipinski definition) is 2. The van der Waals surface area contributed by atoms with Crippen LogP contribution in [0.25, 0.3) is 0 Å². The summed E-state index contributed by atoms with van der Waals surface area (Å²) in [6.07, 6.45) is 0.837. The molecule has 1 unspecified atom stereocenters. The minimum Gasteiger partial charge on any atom is -0.355 e. The highest BCUT2D eigenvalue weighted by Crippen LogP contribution is 2.11. The Hall–Kier alpha value is -1.07. The molecule has 110 valence electrons. The Bertz CT molecular complexity index is 417. The van der Waals surface area contributed by atoms with Gasteiger partial charge in [0.1, 0.15) is 0 Å². The van der Waals surface area contributed by atoms with Gasteiger partial charge in [-0.3, -0.25) is 9.48 Å². The summed E-state index contributed by atoms with van der Waals surface area (Å²) in [5.41, 5.74) is 3.46. The van der Waals surface area contributed by atoms with E-state index in [0.29, 0.717) is 13.1 Å². The highest BCUT2D eigenvalue weighted by atomic mass is 35.5. The number of nitrogens with zero attached hydrogens (tertiary/aromatic N) is 2. The molecule has 0 saturated carbocycles. The summed E-state index contributed by atoms with van der Waals surface area (Å²) >= 11 is 0. The van der Waals surface area contributed by atoms with Crippen molar-refractivity contribution < 1.29 is 4.79 Å². The van der Waals surface area contributed by atoms with E-state index in [0.717, 1.165) is 12.1 Å². The van der Waals surface area contributed by atoms with Crippen LogP contribution in [0, 0.1) is 19.8 Å². The number of aryl methyl sites for hydroxylation is 2. The highest BCUT2D eigenvalue weighted by Gasteiger charge is 2.12. The summed E-state index contributed by atoms with van der Waals surface area (Å²) < 4.78 is 1.89. The fourth-order valence-electron chi connectivity index (χ4n) is 2.06. The zero-order valence-corrected chi connectivity index (χ0v) is 13.2. The first kappa shape index (κ1) is 17.9. The van der Waals surface area contributed by atoms with Crippen LogP contribution in [0.1, 0.15) is 23.9 Å². The molecule has 0 aliphatic heterocycles. The molecule has 1 aromatic rings. The van der Waals surface area contributed by atoms with Crippen LogP contribution in [-0.2, 0) is 18.3 Å². The molecule has 0 bridgehead atoms. The Balaban J connectivity index is 0.00000324. The van der Waals surface area contributed by atoms with Crippen molar-refractivity contribution in [1.82, 2.24) is 20.4 Å². The maximum Gasteiger partial charge on any atom is 0.224 e. The fraction of sp³-hybridized carbons (Fsp3) is 0.692. The summed E-state index contributed by atoms with van der Waals surface area (Å²) in [6, 6.07) is 0. The van der Waals surface area contributed by atoms with Crippen molar-refractivity contribution in [3.8, 4) is 0 Å². The molecular formula is C13H25ClN4O. The van der Waals surface area contributed by atoms with Crippen molar-refractivity contribution in [2.24, 2.45) is 13.0 Å². The van der Waals surface area contributed by atoms with Crippen LogP contribution in [0.5, 0.6) is 0 Å². The van der Waals surface area contributed by atoms with Gasteiger partial charge in [-0.1, -0.05) is 6.92 Å². The second kappa shape index (κ2) is 8.17. The van der Waals surface area contributed by atoms with Crippen molar-refractivity contribution >= 4 is 18.3 Å². The number of amides is 1. The van der Waals surface area contributed by atoms with Gasteiger partial charge in [-0.05, 0) is 32.9 Å². The minimum absolute atomic E-state index is 0.